The maximum Gasteiger partial charge on any atom is 0.264 e. The fourth-order valence-electron chi connectivity index (χ4n) is 4.18. The average Bonchev–Trinajstić information content (AvgIpc) is 2.96. The molecule has 2 amide bonds. The second-order valence-corrected chi connectivity index (χ2v) is 11.7. The van der Waals surface area contributed by atoms with Crippen molar-refractivity contribution in [3.05, 3.63) is 89.4 Å². The molecule has 3 aromatic carbocycles. The topological polar surface area (TPSA) is 96.0 Å². The van der Waals surface area contributed by atoms with Gasteiger partial charge in [0, 0.05) is 12.6 Å². The summed E-state index contributed by atoms with van der Waals surface area (Å²) in [4.78, 5) is 28.9. The van der Waals surface area contributed by atoms with Gasteiger partial charge in [-0.3, -0.25) is 13.9 Å². The number of nitrogens with one attached hydrogen (secondary N) is 1. The first-order valence-electron chi connectivity index (χ1n) is 13.2. The Balaban J connectivity index is 2.05. The van der Waals surface area contributed by atoms with Gasteiger partial charge in [0.2, 0.25) is 11.8 Å². The van der Waals surface area contributed by atoms with Crippen LogP contribution in [0, 0.1) is 0 Å². The summed E-state index contributed by atoms with van der Waals surface area (Å²) in [6.07, 6.45) is 1.06. The minimum atomic E-state index is -4.18. The van der Waals surface area contributed by atoms with Crippen LogP contribution in [0.5, 0.6) is 5.75 Å². The third-order valence-corrected chi connectivity index (χ3v) is 8.72. The lowest BCUT2D eigenvalue weighted by Gasteiger charge is -2.34. The predicted molar refractivity (Wildman–Crippen MR) is 158 cm³/mol. The molecule has 0 aliphatic carbocycles. The summed E-state index contributed by atoms with van der Waals surface area (Å²) in [5.74, 6) is -0.183. The number of methoxy groups -OCH3 is 1. The zero-order valence-electron chi connectivity index (χ0n) is 23.2. The summed E-state index contributed by atoms with van der Waals surface area (Å²) >= 11 is 6.44. The van der Waals surface area contributed by atoms with Crippen molar-refractivity contribution in [2.24, 2.45) is 0 Å². The van der Waals surface area contributed by atoms with E-state index in [1.165, 1.54) is 17.0 Å². The second-order valence-electron chi connectivity index (χ2n) is 9.39. The molecule has 0 spiro atoms. The fraction of sp³-hybridized carbons (Fsp3) is 0.333. The zero-order chi connectivity index (χ0) is 29.3. The quantitative estimate of drug-likeness (QED) is 0.295. The van der Waals surface area contributed by atoms with Gasteiger partial charge in [-0.2, -0.15) is 0 Å². The molecule has 0 saturated heterocycles. The van der Waals surface area contributed by atoms with Gasteiger partial charge in [0.1, 0.15) is 18.3 Å². The molecule has 2 unspecified atom stereocenters. The van der Waals surface area contributed by atoms with Gasteiger partial charge in [0.15, 0.2) is 0 Å². The minimum Gasteiger partial charge on any atom is -0.497 e. The van der Waals surface area contributed by atoms with Crippen LogP contribution < -0.4 is 14.4 Å². The van der Waals surface area contributed by atoms with E-state index in [2.05, 4.69) is 5.32 Å². The van der Waals surface area contributed by atoms with Crippen LogP contribution in [-0.2, 0) is 26.2 Å². The largest absolute Gasteiger partial charge is 0.497 e. The molecule has 10 heteroatoms. The van der Waals surface area contributed by atoms with Crippen LogP contribution in [0.2, 0.25) is 5.02 Å². The Morgan fingerprint density at radius 3 is 2.12 bits per heavy atom. The number of hydrogen-bond donors (Lipinski definition) is 1. The Morgan fingerprint density at radius 2 is 1.55 bits per heavy atom. The van der Waals surface area contributed by atoms with Gasteiger partial charge in [0.05, 0.1) is 22.7 Å². The maximum atomic E-state index is 14.1. The van der Waals surface area contributed by atoms with E-state index in [0.29, 0.717) is 12.2 Å². The number of sulfonamides is 1. The summed E-state index contributed by atoms with van der Waals surface area (Å²) in [6, 6.07) is 20.6. The van der Waals surface area contributed by atoms with Crippen LogP contribution in [0.15, 0.2) is 83.8 Å². The van der Waals surface area contributed by atoms with Crippen molar-refractivity contribution in [1.82, 2.24) is 10.2 Å². The number of rotatable bonds is 13. The average molecular weight is 586 g/mol. The zero-order valence-corrected chi connectivity index (χ0v) is 24.8. The highest BCUT2D eigenvalue weighted by molar-refractivity contribution is 7.92. The van der Waals surface area contributed by atoms with Crippen molar-refractivity contribution in [3.63, 3.8) is 0 Å². The molecule has 0 saturated carbocycles. The molecule has 0 radical (unpaired) electrons. The molecule has 40 heavy (non-hydrogen) atoms. The van der Waals surface area contributed by atoms with Gasteiger partial charge >= 0.3 is 0 Å². The third kappa shape index (κ3) is 7.55. The van der Waals surface area contributed by atoms with E-state index in [0.717, 1.165) is 16.3 Å². The third-order valence-electron chi connectivity index (χ3n) is 6.63. The molecular weight excluding hydrogens is 550 g/mol. The Morgan fingerprint density at radius 1 is 0.925 bits per heavy atom. The number of para-hydroxylation sites is 1. The van der Waals surface area contributed by atoms with E-state index in [4.69, 9.17) is 16.3 Å². The van der Waals surface area contributed by atoms with Crippen molar-refractivity contribution >= 4 is 39.1 Å². The molecule has 0 fully saturated rings. The number of halogens is 1. The number of hydrogen-bond acceptors (Lipinski definition) is 5. The van der Waals surface area contributed by atoms with Gasteiger partial charge in [-0.1, -0.05) is 67.9 Å². The van der Waals surface area contributed by atoms with Crippen molar-refractivity contribution in [3.8, 4) is 5.75 Å². The lowest BCUT2D eigenvalue weighted by Crippen LogP contribution is -2.53. The Labute approximate surface area is 241 Å². The van der Waals surface area contributed by atoms with Gasteiger partial charge < -0.3 is 15.0 Å². The molecule has 1 N–H and O–H groups in total. The number of carbonyl (C=O) groups excluding carboxylic acids is 2. The molecule has 0 heterocycles. The summed E-state index contributed by atoms with van der Waals surface area (Å²) in [7, 11) is -2.62. The first-order chi connectivity index (χ1) is 19.1. The Bertz CT molecular complexity index is 1380. The highest BCUT2D eigenvalue weighted by Gasteiger charge is 2.34. The van der Waals surface area contributed by atoms with Crippen LogP contribution in [-0.4, -0.2) is 50.9 Å². The summed E-state index contributed by atoms with van der Waals surface area (Å²) in [5, 5.41) is 3.14. The minimum absolute atomic E-state index is 0.0194. The number of benzene rings is 3. The molecule has 0 aromatic heterocycles. The first-order valence-corrected chi connectivity index (χ1v) is 15.0. The van der Waals surface area contributed by atoms with Gasteiger partial charge in [-0.05, 0) is 61.7 Å². The van der Waals surface area contributed by atoms with E-state index >= 15 is 0 Å². The van der Waals surface area contributed by atoms with Crippen molar-refractivity contribution in [2.45, 2.75) is 57.1 Å². The normalized spacial score (nSPS) is 12.7. The lowest BCUT2D eigenvalue weighted by atomic mass is 10.1. The first kappa shape index (κ1) is 31.0. The standard InChI is InChI=1S/C30H36ClN3O5S/c1-5-22(3)32-30(36)27(6-2)33(20-23-16-18-24(39-4)19-17-23)29(35)21-34(28-15-11-10-14-26(28)31)40(37,38)25-12-8-7-9-13-25/h7-19,22,27H,5-6,20-21H2,1-4H3,(H,32,36). The summed E-state index contributed by atoms with van der Waals surface area (Å²) < 4.78 is 33.9. The highest BCUT2D eigenvalue weighted by atomic mass is 35.5. The van der Waals surface area contributed by atoms with Crippen molar-refractivity contribution in [2.75, 3.05) is 18.0 Å². The molecule has 0 aliphatic rings. The van der Waals surface area contributed by atoms with Crippen LogP contribution in [0.4, 0.5) is 5.69 Å². The van der Waals surface area contributed by atoms with E-state index in [9.17, 15) is 18.0 Å². The van der Waals surface area contributed by atoms with Crippen LogP contribution in [0.3, 0.4) is 0 Å². The number of carbonyl (C=O) groups is 2. The lowest BCUT2D eigenvalue weighted by molar-refractivity contribution is -0.140. The fourth-order valence-corrected chi connectivity index (χ4v) is 5.92. The van der Waals surface area contributed by atoms with Crippen LogP contribution in [0.25, 0.3) is 0 Å². The summed E-state index contributed by atoms with van der Waals surface area (Å²) in [6.45, 7) is 5.22. The number of anilines is 1. The highest BCUT2D eigenvalue weighted by Crippen LogP contribution is 2.31. The SMILES string of the molecule is CCC(C)NC(=O)C(CC)N(Cc1ccc(OC)cc1)C(=O)CN(c1ccccc1Cl)S(=O)(=O)c1ccccc1. The van der Waals surface area contributed by atoms with E-state index in [1.807, 2.05) is 32.9 Å². The van der Waals surface area contributed by atoms with E-state index < -0.39 is 28.5 Å². The van der Waals surface area contributed by atoms with Gasteiger partial charge in [-0.15, -0.1) is 0 Å². The molecule has 3 rings (SSSR count). The maximum absolute atomic E-state index is 14.1. The molecule has 2 atom stereocenters. The Hall–Kier alpha value is -3.56. The molecule has 3 aromatic rings. The smallest absolute Gasteiger partial charge is 0.264 e. The number of amides is 2. The number of ether oxygens (including phenoxy) is 1. The second kappa shape index (κ2) is 14.2. The van der Waals surface area contributed by atoms with E-state index in [1.54, 1.807) is 61.7 Å². The van der Waals surface area contributed by atoms with Crippen molar-refractivity contribution in [1.29, 1.82) is 0 Å². The van der Waals surface area contributed by atoms with Gasteiger partial charge in [0.25, 0.3) is 10.0 Å². The van der Waals surface area contributed by atoms with Crippen LogP contribution >= 0.6 is 11.6 Å². The van der Waals surface area contributed by atoms with E-state index in [-0.39, 0.29) is 34.1 Å². The van der Waals surface area contributed by atoms with Crippen LogP contribution in [0.1, 0.15) is 39.2 Å². The molecule has 214 valence electrons. The Kier molecular flexibility index (Phi) is 11.0. The molecular formula is C30H36ClN3O5S. The molecule has 0 aliphatic heterocycles. The van der Waals surface area contributed by atoms with Gasteiger partial charge in [-0.25, -0.2) is 8.42 Å². The molecule has 8 nitrogen and oxygen atoms in total. The van der Waals surface area contributed by atoms with Crippen molar-refractivity contribution < 1.29 is 22.7 Å². The predicted octanol–water partition coefficient (Wildman–Crippen LogP) is 5.27. The molecule has 0 bridgehead atoms. The summed E-state index contributed by atoms with van der Waals surface area (Å²) in [5.41, 5.74) is 0.932. The number of nitrogens with zero attached hydrogens (tertiary/aromatic N) is 2. The monoisotopic (exact) mass is 585 g/mol.